The number of nitrogen functional groups attached to an aromatic ring is 1. The van der Waals surface area contributed by atoms with Gasteiger partial charge < -0.3 is 26.2 Å². The molecule has 11 nitrogen and oxygen atoms in total. The fraction of sp³-hybridized carbons (Fsp3) is 0.296. The molecule has 2 amide bonds. The van der Waals surface area contributed by atoms with E-state index in [4.69, 9.17) is 15.6 Å². The van der Waals surface area contributed by atoms with Crippen molar-refractivity contribution in [3.8, 4) is 0 Å². The zero-order valence-corrected chi connectivity index (χ0v) is 21.6. The molecule has 14 heteroatoms. The van der Waals surface area contributed by atoms with Gasteiger partial charge in [-0.05, 0) is 55.2 Å². The summed E-state index contributed by atoms with van der Waals surface area (Å²) in [6.45, 7) is 0.963. The Balaban J connectivity index is 0.000000493. The van der Waals surface area contributed by atoms with E-state index < -0.39 is 23.8 Å². The summed E-state index contributed by atoms with van der Waals surface area (Å²) in [5, 5.41) is 19.9. The van der Waals surface area contributed by atoms with Gasteiger partial charge in [0.1, 0.15) is 5.82 Å². The van der Waals surface area contributed by atoms with Crippen LogP contribution in [0.1, 0.15) is 28.8 Å². The first kappa shape index (κ1) is 29.1. The highest BCUT2D eigenvalue weighted by atomic mass is 19.4. The molecule has 6 rings (SSSR count). The van der Waals surface area contributed by atoms with Crippen LogP contribution in [0.15, 0.2) is 67.1 Å². The van der Waals surface area contributed by atoms with Gasteiger partial charge in [0.25, 0.3) is 5.91 Å². The molecule has 3 saturated heterocycles. The van der Waals surface area contributed by atoms with Crippen molar-refractivity contribution in [1.82, 2.24) is 14.9 Å². The standard InChI is InChI=1S/C25H26N6O3.C2HF3O2/c26-20-5-1-2-6-21(20)29-23(32)18-7-8-22(28-14-18)30-16-25(12-17-4-3-11-27-13-17)10-9-19(30)15-31(25)24(33)34;3-2(4,5)1(6)7/h1-8,11,13-14,19H,9-10,12,15-16,26H2,(H,29,32)(H,33,34);(H,6,7). The smallest absolute Gasteiger partial charge is 0.475 e. The number of benzene rings is 1. The maximum atomic E-state index is 12.7. The van der Waals surface area contributed by atoms with Crippen LogP contribution in [0.2, 0.25) is 0 Å². The van der Waals surface area contributed by atoms with Gasteiger partial charge in [0, 0.05) is 37.7 Å². The Morgan fingerprint density at radius 1 is 1.07 bits per heavy atom. The number of piperidine rings is 2. The number of para-hydroxylation sites is 2. The SMILES string of the molecule is Nc1ccccc1NC(=O)c1ccc(N2CC3(Cc4cccnc4)CCC2CN3C(=O)O)nc1.O=C(O)C(F)(F)F. The molecule has 2 unspecified atom stereocenters. The van der Waals surface area contributed by atoms with Crippen molar-refractivity contribution in [3.05, 3.63) is 78.2 Å². The Morgan fingerprint density at radius 3 is 2.39 bits per heavy atom. The predicted octanol–water partition coefficient (Wildman–Crippen LogP) is 3.89. The number of piperazine rings is 1. The van der Waals surface area contributed by atoms with E-state index in [0.717, 1.165) is 24.2 Å². The van der Waals surface area contributed by atoms with Crippen LogP contribution in [0.4, 0.5) is 35.2 Å². The molecule has 5 N–H and O–H groups in total. The normalized spacial score (nSPS) is 19.6. The van der Waals surface area contributed by atoms with Crippen LogP contribution in [-0.4, -0.2) is 73.9 Å². The Hall–Kier alpha value is -4.88. The second kappa shape index (κ2) is 11.7. The number of rotatable bonds is 5. The predicted molar refractivity (Wildman–Crippen MR) is 143 cm³/mol. The summed E-state index contributed by atoms with van der Waals surface area (Å²) < 4.78 is 31.7. The molecule has 3 aliphatic heterocycles. The van der Waals surface area contributed by atoms with Crippen molar-refractivity contribution >= 4 is 35.2 Å². The first-order chi connectivity index (χ1) is 19.4. The minimum Gasteiger partial charge on any atom is -0.475 e. The van der Waals surface area contributed by atoms with Gasteiger partial charge >= 0.3 is 18.2 Å². The number of nitrogens with one attached hydrogen (secondary N) is 1. The summed E-state index contributed by atoms with van der Waals surface area (Å²) in [6, 6.07) is 14.5. The number of halogens is 3. The maximum Gasteiger partial charge on any atom is 0.490 e. The number of aromatic nitrogens is 2. The highest BCUT2D eigenvalue weighted by Gasteiger charge is 2.52. The van der Waals surface area contributed by atoms with E-state index in [2.05, 4.69) is 20.2 Å². The van der Waals surface area contributed by atoms with E-state index in [1.807, 2.05) is 18.2 Å². The van der Waals surface area contributed by atoms with Gasteiger partial charge in [0.15, 0.2) is 0 Å². The molecule has 2 aromatic heterocycles. The van der Waals surface area contributed by atoms with E-state index in [-0.39, 0.29) is 11.9 Å². The van der Waals surface area contributed by atoms with Gasteiger partial charge in [-0.3, -0.25) is 14.7 Å². The first-order valence-electron chi connectivity index (χ1n) is 12.5. The molecule has 3 aromatic rings. The average Bonchev–Trinajstić information content (AvgIpc) is 2.94. The second-order valence-electron chi connectivity index (χ2n) is 9.73. The van der Waals surface area contributed by atoms with Crippen LogP contribution in [0.25, 0.3) is 0 Å². The van der Waals surface area contributed by atoms with Gasteiger partial charge in [-0.2, -0.15) is 13.2 Å². The Morgan fingerprint density at radius 2 is 1.80 bits per heavy atom. The lowest BCUT2D eigenvalue weighted by atomic mass is 9.75. The largest absolute Gasteiger partial charge is 0.490 e. The highest BCUT2D eigenvalue weighted by Crippen LogP contribution is 2.41. The third-order valence-corrected chi connectivity index (χ3v) is 7.06. The van der Waals surface area contributed by atoms with E-state index in [1.54, 1.807) is 53.8 Å². The van der Waals surface area contributed by atoms with Crippen molar-refractivity contribution in [2.75, 3.05) is 29.0 Å². The highest BCUT2D eigenvalue weighted by molar-refractivity contribution is 6.05. The lowest BCUT2D eigenvalue weighted by Gasteiger charge is -2.58. The number of carboxylic acids is 1. The number of pyridine rings is 2. The Kier molecular flexibility index (Phi) is 8.31. The number of fused-ring (bicyclic) bond motifs is 3. The molecule has 5 heterocycles. The molecular weight excluding hydrogens is 545 g/mol. The van der Waals surface area contributed by atoms with Crippen LogP contribution in [-0.2, 0) is 11.2 Å². The molecule has 2 bridgehead atoms. The molecule has 3 aliphatic rings. The number of nitrogens with two attached hydrogens (primary N) is 1. The lowest BCUT2D eigenvalue weighted by Crippen LogP contribution is -2.72. The van der Waals surface area contributed by atoms with E-state index in [0.29, 0.717) is 36.4 Å². The van der Waals surface area contributed by atoms with E-state index >= 15 is 0 Å². The molecule has 3 fully saturated rings. The average molecular weight is 573 g/mol. The summed E-state index contributed by atoms with van der Waals surface area (Å²) in [4.78, 5) is 46.2. The monoisotopic (exact) mass is 572 g/mol. The van der Waals surface area contributed by atoms with E-state index in [1.165, 1.54) is 0 Å². The maximum absolute atomic E-state index is 12.7. The minimum absolute atomic E-state index is 0.0446. The van der Waals surface area contributed by atoms with Crippen LogP contribution in [0.5, 0.6) is 0 Å². The number of carbonyl (C=O) groups excluding carboxylic acids is 1. The van der Waals surface area contributed by atoms with Crippen LogP contribution in [0, 0.1) is 0 Å². The van der Waals surface area contributed by atoms with Crippen LogP contribution >= 0.6 is 0 Å². The number of anilines is 3. The van der Waals surface area contributed by atoms with Gasteiger partial charge in [-0.1, -0.05) is 18.2 Å². The lowest BCUT2D eigenvalue weighted by molar-refractivity contribution is -0.192. The van der Waals surface area contributed by atoms with Crippen molar-refractivity contribution < 1.29 is 37.8 Å². The molecule has 1 aromatic carbocycles. The van der Waals surface area contributed by atoms with Gasteiger partial charge in [0.05, 0.1) is 22.5 Å². The molecule has 216 valence electrons. The number of nitrogens with zero attached hydrogens (tertiary/aromatic N) is 4. The second-order valence-corrected chi connectivity index (χ2v) is 9.73. The fourth-order valence-corrected chi connectivity index (χ4v) is 5.10. The van der Waals surface area contributed by atoms with Crippen molar-refractivity contribution in [1.29, 1.82) is 0 Å². The Bertz CT molecular complexity index is 1410. The van der Waals surface area contributed by atoms with Crippen molar-refractivity contribution in [2.45, 2.75) is 37.0 Å². The number of alkyl halides is 3. The summed E-state index contributed by atoms with van der Waals surface area (Å²) in [5.74, 6) is -2.31. The third kappa shape index (κ3) is 6.65. The number of aliphatic carboxylic acids is 1. The Labute approximate surface area is 232 Å². The van der Waals surface area contributed by atoms with Gasteiger partial charge in [-0.25, -0.2) is 14.6 Å². The number of hydrogen-bond donors (Lipinski definition) is 4. The zero-order chi connectivity index (χ0) is 29.8. The summed E-state index contributed by atoms with van der Waals surface area (Å²) >= 11 is 0. The minimum atomic E-state index is -5.08. The molecule has 0 aliphatic carbocycles. The van der Waals surface area contributed by atoms with Crippen molar-refractivity contribution in [3.63, 3.8) is 0 Å². The fourth-order valence-electron chi connectivity index (χ4n) is 5.10. The number of hydrogen-bond acceptors (Lipinski definition) is 7. The van der Waals surface area contributed by atoms with E-state index in [9.17, 15) is 27.9 Å². The summed E-state index contributed by atoms with van der Waals surface area (Å²) in [5.41, 5.74) is 7.84. The summed E-state index contributed by atoms with van der Waals surface area (Å²) in [6.07, 6.45) is 1.34. The number of amides is 2. The van der Waals surface area contributed by atoms with Crippen molar-refractivity contribution in [2.24, 2.45) is 0 Å². The summed E-state index contributed by atoms with van der Waals surface area (Å²) in [7, 11) is 0. The first-order valence-corrected chi connectivity index (χ1v) is 12.5. The molecule has 2 atom stereocenters. The molecule has 0 saturated carbocycles. The topological polar surface area (TPSA) is 162 Å². The van der Waals surface area contributed by atoms with Gasteiger partial charge in [-0.15, -0.1) is 0 Å². The third-order valence-electron chi connectivity index (χ3n) is 7.06. The zero-order valence-electron chi connectivity index (χ0n) is 21.6. The molecule has 41 heavy (non-hydrogen) atoms. The van der Waals surface area contributed by atoms with Crippen LogP contribution < -0.4 is 16.0 Å². The number of carbonyl (C=O) groups is 3. The number of carboxylic acid groups (broad SMARTS) is 2. The molecule has 0 radical (unpaired) electrons. The molecular formula is C27H27F3N6O5. The quantitative estimate of drug-likeness (QED) is 0.332. The molecule has 0 spiro atoms. The van der Waals surface area contributed by atoms with Gasteiger partial charge in [0.2, 0.25) is 0 Å². The van der Waals surface area contributed by atoms with Crippen LogP contribution in [0.3, 0.4) is 0 Å².